The molecular formula is C10H14N6O. The van der Waals surface area contributed by atoms with Crippen LogP contribution in [0.25, 0.3) is 11.2 Å². The first-order valence-electron chi connectivity index (χ1n) is 5.34. The summed E-state index contributed by atoms with van der Waals surface area (Å²) in [7, 11) is 0. The smallest absolute Gasteiger partial charge is 0.182 e. The van der Waals surface area contributed by atoms with E-state index in [4.69, 9.17) is 4.84 Å². The largest absolute Gasteiger partial charge is 0.396 e. The lowest BCUT2D eigenvalue weighted by Crippen LogP contribution is -2.12. The maximum atomic E-state index is 4.95. The van der Waals surface area contributed by atoms with Crippen LogP contribution in [0.15, 0.2) is 17.8 Å². The topological polar surface area (TPSA) is 88.1 Å². The highest BCUT2D eigenvalue weighted by Gasteiger charge is 2.05. The molecule has 0 saturated heterocycles. The molecule has 17 heavy (non-hydrogen) atoms. The third-order valence-corrected chi connectivity index (χ3v) is 2.08. The van der Waals surface area contributed by atoms with Crippen LogP contribution in [-0.4, -0.2) is 38.8 Å². The third-order valence-electron chi connectivity index (χ3n) is 2.08. The van der Waals surface area contributed by atoms with Crippen LogP contribution in [0.1, 0.15) is 13.8 Å². The molecule has 2 N–H and O–H groups in total. The number of nitrogens with one attached hydrogen (secondary N) is 2. The van der Waals surface area contributed by atoms with E-state index in [2.05, 4.69) is 30.4 Å². The van der Waals surface area contributed by atoms with Gasteiger partial charge in [0, 0.05) is 0 Å². The molecule has 0 bridgehead atoms. The Morgan fingerprint density at radius 3 is 3.18 bits per heavy atom. The molecule has 0 saturated carbocycles. The van der Waals surface area contributed by atoms with E-state index in [0.717, 1.165) is 11.2 Å². The summed E-state index contributed by atoms with van der Waals surface area (Å²) < 4.78 is 0. The van der Waals surface area contributed by atoms with Crippen molar-refractivity contribution in [2.24, 2.45) is 5.16 Å². The van der Waals surface area contributed by atoms with Gasteiger partial charge in [-0.1, -0.05) is 5.16 Å². The van der Waals surface area contributed by atoms with Crippen LogP contribution in [0.3, 0.4) is 0 Å². The first-order chi connectivity index (χ1) is 8.31. The standard InChI is InChI=1S/C10H14N6O/c1-3-17-16-7(2)4-11-9-8-10(13-5-12-8)15-6-14-9/h5-6H,3-4H2,1-2H3,(H2,11,12,13,14,15). The Labute approximate surface area is 98.3 Å². The summed E-state index contributed by atoms with van der Waals surface area (Å²) in [5.41, 5.74) is 2.27. The maximum Gasteiger partial charge on any atom is 0.182 e. The molecule has 0 aliphatic heterocycles. The first-order valence-corrected chi connectivity index (χ1v) is 5.34. The molecule has 0 aromatic carbocycles. The molecule has 0 unspecified atom stereocenters. The van der Waals surface area contributed by atoms with Gasteiger partial charge in [-0.15, -0.1) is 0 Å². The van der Waals surface area contributed by atoms with E-state index in [1.165, 1.54) is 6.33 Å². The van der Waals surface area contributed by atoms with Gasteiger partial charge < -0.3 is 15.1 Å². The molecule has 0 radical (unpaired) electrons. The van der Waals surface area contributed by atoms with E-state index in [-0.39, 0.29) is 0 Å². The SMILES string of the molecule is CCON=C(C)CNc1ncnc2nc[nH]c12. The second-order valence-corrected chi connectivity index (χ2v) is 3.42. The Morgan fingerprint density at radius 2 is 2.35 bits per heavy atom. The molecule has 0 aliphatic carbocycles. The van der Waals surface area contributed by atoms with Crippen molar-refractivity contribution in [1.29, 1.82) is 0 Å². The van der Waals surface area contributed by atoms with Crippen LogP contribution in [0, 0.1) is 0 Å². The van der Waals surface area contributed by atoms with E-state index in [1.807, 2.05) is 13.8 Å². The quantitative estimate of drug-likeness (QED) is 0.599. The number of aromatic nitrogens is 4. The van der Waals surface area contributed by atoms with Crippen molar-refractivity contribution in [2.45, 2.75) is 13.8 Å². The van der Waals surface area contributed by atoms with Crippen molar-refractivity contribution in [3.63, 3.8) is 0 Å². The number of hydrogen-bond acceptors (Lipinski definition) is 6. The molecule has 2 aromatic rings. The highest BCUT2D eigenvalue weighted by Crippen LogP contribution is 2.13. The van der Waals surface area contributed by atoms with E-state index in [1.54, 1.807) is 6.33 Å². The number of imidazole rings is 1. The van der Waals surface area contributed by atoms with Crippen LogP contribution in [-0.2, 0) is 4.84 Å². The van der Waals surface area contributed by atoms with E-state index in [9.17, 15) is 0 Å². The molecule has 7 heteroatoms. The van der Waals surface area contributed by atoms with Gasteiger partial charge in [-0.25, -0.2) is 15.0 Å². The molecule has 2 aromatic heterocycles. The lowest BCUT2D eigenvalue weighted by molar-refractivity contribution is 0.158. The third kappa shape index (κ3) is 2.68. The van der Waals surface area contributed by atoms with Gasteiger partial charge in [0.05, 0.1) is 18.6 Å². The summed E-state index contributed by atoms with van der Waals surface area (Å²) >= 11 is 0. The zero-order valence-corrected chi connectivity index (χ0v) is 9.77. The van der Waals surface area contributed by atoms with Gasteiger partial charge in [-0.05, 0) is 13.8 Å². The van der Waals surface area contributed by atoms with Gasteiger partial charge in [-0.2, -0.15) is 0 Å². The summed E-state index contributed by atoms with van der Waals surface area (Å²) in [6.07, 6.45) is 3.06. The fourth-order valence-corrected chi connectivity index (χ4v) is 1.32. The van der Waals surface area contributed by atoms with Crippen molar-refractivity contribution < 1.29 is 4.84 Å². The minimum Gasteiger partial charge on any atom is -0.396 e. The summed E-state index contributed by atoms with van der Waals surface area (Å²) in [6, 6.07) is 0. The van der Waals surface area contributed by atoms with Crippen molar-refractivity contribution in [3.8, 4) is 0 Å². The van der Waals surface area contributed by atoms with Crippen LogP contribution in [0.5, 0.6) is 0 Å². The molecule has 0 atom stereocenters. The zero-order valence-electron chi connectivity index (χ0n) is 9.77. The van der Waals surface area contributed by atoms with E-state index in [0.29, 0.717) is 24.6 Å². The Kier molecular flexibility index (Phi) is 3.49. The van der Waals surface area contributed by atoms with Crippen molar-refractivity contribution in [2.75, 3.05) is 18.5 Å². The Bertz CT molecular complexity index is 520. The zero-order chi connectivity index (χ0) is 12.1. The Hall–Kier alpha value is -2.18. The number of fused-ring (bicyclic) bond motifs is 1. The predicted molar refractivity (Wildman–Crippen MR) is 64.9 cm³/mol. The highest BCUT2D eigenvalue weighted by molar-refractivity contribution is 5.88. The summed E-state index contributed by atoms with van der Waals surface area (Å²) in [4.78, 5) is 20.2. The van der Waals surface area contributed by atoms with Gasteiger partial charge >= 0.3 is 0 Å². The van der Waals surface area contributed by atoms with Crippen molar-refractivity contribution in [1.82, 2.24) is 19.9 Å². The summed E-state index contributed by atoms with van der Waals surface area (Å²) in [6.45, 7) is 4.90. The minimum atomic E-state index is 0.561. The van der Waals surface area contributed by atoms with Gasteiger partial charge in [-0.3, -0.25) is 0 Å². The number of anilines is 1. The lowest BCUT2D eigenvalue weighted by Gasteiger charge is -2.05. The monoisotopic (exact) mass is 234 g/mol. The fraction of sp³-hybridized carbons (Fsp3) is 0.400. The van der Waals surface area contributed by atoms with Crippen LogP contribution >= 0.6 is 0 Å². The predicted octanol–water partition coefficient (Wildman–Crippen LogP) is 1.18. The summed E-state index contributed by atoms with van der Waals surface area (Å²) in [5.74, 6) is 0.707. The second kappa shape index (κ2) is 5.24. The number of nitrogens with zero attached hydrogens (tertiary/aromatic N) is 4. The number of rotatable bonds is 5. The van der Waals surface area contributed by atoms with Gasteiger partial charge in [0.2, 0.25) is 0 Å². The van der Waals surface area contributed by atoms with Crippen LogP contribution in [0.2, 0.25) is 0 Å². The van der Waals surface area contributed by atoms with Gasteiger partial charge in [0.25, 0.3) is 0 Å². The first kappa shape index (κ1) is 11.3. The average molecular weight is 234 g/mol. The second-order valence-electron chi connectivity index (χ2n) is 3.42. The van der Waals surface area contributed by atoms with Crippen LogP contribution in [0.4, 0.5) is 5.82 Å². The van der Waals surface area contributed by atoms with E-state index < -0.39 is 0 Å². The lowest BCUT2D eigenvalue weighted by atomic mass is 10.4. The van der Waals surface area contributed by atoms with Crippen molar-refractivity contribution >= 4 is 22.7 Å². The molecule has 0 amide bonds. The molecule has 0 aliphatic rings. The normalized spacial score (nSPS) is 11.8. The molecule has 0 spiro atoms. The molecule has 2 rings (SSSR count). The van der Waals surface area contributed by atoms with Crippen molar-refractivity contribution in [3.05, 3.63) is 12.7 Å². The van der Waals surface area contributed by atoms with Crippen LogP contribution < -0.4 is 5.32 Å². The Morgan fingerprint density at radius 1 is 1.47 bits per heavy atom. The molecular weight excluding hydrogens is 220 g/mol. The van der Waals surface area contributed by atoms with Gasteiger partial charge in [0.1, 0.15) is 18.5 Å². The molecule has 2 heterocycles. The highest BCUT2D eigenvalue weighted by atomic mass is 16.6. The molecule has 7 nitrogen and oxygen atoms in total. The number of oxime groups is 1. The molecule has 90 valence electrons. The number of aromatic amines is 1. The average Bonchev–Trinajstić information content (AvgIpc) is 2.82. The summed E-state index contributed by atoms with van der Waals surface area (Å²) in [5, 5.41) is 7.06. The fourth-order valence-electron chi connectivity index (χ4n) is 1.32. The maximum absolute atomic E-state index is 4.95. The number of hydrogen-bond donors (Lipinski definition) is 2. The number of H-pyrrole nitrogens is 1. The Balaban J connectivity index is 2.06. The molecule has 0 fully saturated rings. The van der Waals surface area contributed by atoms with Gasteiger partial charge in [0.15, 0.2) is 11.5 Å². The minimum absolute atomic E-state index is 0.561. The van der Waals surface area contributed by atoms with E-state index >= 15 is 0 Å².